The molecule has 3 aromatic carbocycles. The first-order valence-electron chi connectivity index (χ1n) is 21.5. The van der Waals surface area contributed by atoms with Crippen LogP contribution >= 0.6 is 0 Å². The molecule has 9 atom stereocenters. The molecule has 0 radical (unpaired) electrons. The van der Waals surface area contributed by atoms with Gasteiger partial charge in [-0.3, -0.25) is 4.79 Å². The number of carbonyl (C=O) groups excluding carboxylic acids is 1. The molecule has 0 heterocycles. The number of hydrogen-bond donors (Lipinski definition) is 5. The number of aliphatic hydroxyl groups is 2. The van der Waals surface area contributed by atoms with E-state index in [1.54, 1.807) is 12.1 Å². The minimum atomic E-state index is -0.921. The van der Waals surface area contributed by atoms with Crippen LogP contribution in [0.5, 0.6) is 5.75 Å². The Balaban J connectivity index is 1.18. The largest absolute Gasteiger partial charge is 0.511 e. The Kier molecular flexibility index (Phi) is 13.2. The molecule has 57 heavy (non-hydrogen) atoms. The minimum Gasteiger partial charge on any atom is -0.511 e. The second-order valence-electron chi connectivity index (χ2n) is 17.5. The lowest BCUT2D eigenvalue weighted by molar-refractivity contribution is -0.148. The summed E-state index contributed by atoms with van der Waals surface area (Å²) in [5.41, 5.74) is 9.61. The Morgan fingerprint density at radius 2 is 1.77 bits per heavy atom. The van der Waals surface area contributed by atoms with Crippen LogP contribution in [0.1, 0.15) is 99.7 Å². The smallest absolute Gasteiger partial charge is 0.308 e. The number of rotatable bonds is 13. The first-order chi connectivity index (χ1) is 27.7. The van der Waals surface area contributed by atoms with Crippen LogP contribution in [-0.2, 0) is 21.4 Å². The van der Waals surface area contributed by atoms with Crippen molar-refractivity contribution in [2.75, 3.05) is 13.2 Å². The average molecular weight is 772 g/mol. The van der Waals surface area contributed by atoms with E-state index in [9.17, 15) is 30.0 Å². The number of benzene rings is 3. The van der Waals surface area contributed by atoms with Crippen LogP contribution in [0, 0.1) is 41.4 Å². The van der Waals surface area contributed by atoms with Gasteiger partial charge in [-0.2, -0.15) is 0 Å². The number of hydrogen-bond acceptors (Lipinski definition) is 6. The molecule has 3 aromatic rings. The maximum Gasteiger partial charge on any atom is 0.308 e. The quantitative estimate of drug-likeness (QED) is 0.0677. The van der Waals surface area contributed by atoms with Crippen molar-refractivity contribution >= 4 is 24.1 Å². The molecule has 302 valence electrons. The van der Waals surface area contributed by atoms with Crippen LogP contribution < -0.4 is 16.2 Å². The molecule has 1 fully saturated rings. The standard InChI is InChI=1S/C50H61NO6/c51-25-23-33-16-17-37(26-33)40(31-52)11-3-1-2-9-35-12-7-13-41(32-53)47(49(56)57)50(24-22-39-29-38-10-4-5-15-44(38)48(55)46(39)30-50)42-14-6-8-34(27-42)28-45(35)36-18-20-43(54)21-19-36/h4-8,10,13-15,18-21,26-27,29,31,35,37,39-41,45-47,53-55H,1-3,9,11-12,16-17,22-25,28,30,32,51H2,(H,56,57)/t35-,37-,39-,40-,41-,45+,46+,47-,50-/m1/s1. The van der Waals surface area contributed by atoms with E-state index in [1.165, 1.54) is 5.57 Å². The molecule has 6 N–H and O–H groups in total. The number of carbonyl (C=O) groups is 2. The molecule has 4 aliphatic rings. The SMILES string of the molecule is NCCC1=C[C@H]([C@@H](C=O)CCCCC[C@@H]2CC=C[C@H](CO)[C@H](C(=O)O)[C@@]3(CC[C@@H]4C=c5ccccc5=C(O)[C@H]4C3)c3cccc(c3)C[C@@H]2c2ccc(O)cc2)CC1. The summed E-state index contributed by atoms with van der Waals surface area (Å²) in [6.07, 6.45) is 21.0. The number of nitrogens with two attached hydrogens (primary N) is 1. The van der Waals surface area contributed by atoms with Crippen molar-refractivity contribution in [1.82, 2.24) is 0 Å². The summed E-state index contributed by atoms with van der Waals surface area (Å²) in [6.45, 7) is 0.361. The topological polar surface area (TPSA) is 141 Å². The summed E-state index contributed by atoms with van der Waals surface area (Å²) in [4.78, 5) is 25.7. The molecule has 7 nitrogen and oxygen atoms in total. The fraction of sp³-hybridized carbons (Fsp3) is 0.480. The number of aromatic hydroxyl groups is 1. The second-order valence-corrected chi connectivity index (χ2v) is 17.5. The van der Waals surface area contributed by atoms with Gasteiger partial charge in [0.15, 0.2) is 0 Å². The molecule has 1 saturated carbocycles. The Bertz CT molecular complexity index is 2050. The third-order valence-electron chi connectivity index (χ3n) is 14.2. The highest BCUT2D eigenvalue weighted by Gasteiger charge is 2.53. The van der Waals surface area contributed by atoms with Gasteiger partial charge in [0.1, 0.15) is 17.8 Å². The molecule has 7 rings (SSSR count). The summed E-state index contributed by atoms with van der Waals surface area (Å²) in [5, 5.41) is 46.0. The number of phenolic OH excluding ortho intramolecular Hbond substituents is 1. The van der Waals surface area contributed by atoms with E-state index < -0.39 is 23.2 Å². The highest BCUT2D eigenvalue weighted by atomic mass is 16.4. The van der Waals surface area contributed by atoms with Crippen LogP contribution in [-0.4, -0.2) is 45.8 Å². The first-order valence-corrected chi connectivity index (χ1v) is 21.5. The number of aldehydes is 1. The lowest BCUT2D eigenvalue weighted by Gasteiger charge is -2.49. The van der Waals surface area contributed by atoms with Crippen molar-refractivity contribution in [1.29, 1.82) is 0 Å². The molecule has 0 aromatic heterocycles. The lowest BCUT2D eigenvalue weighted by Crippen LogP contribution is -2.51. The van der Waals surface area contributed by atoms with Gasteiger partial charge in [-0.25, -0.2) is 0 Å². The zero-order chi connectivity index (χ0) is 39.9. The number of fused-ring (bicyclic) bond motifs is 5. The molecular formula is C50H61NO6. The van der Waals surface area contributed by atoms with Crippen molar-refractivity contribution in [2.45, 2.75) is 94.8 Å². The predicted molar refractivity (Wildman–Crippen MR) is 226 cm³/mol. The van der Waals surface area contributed by atoms with Gasteiger partial charge in [0.05, 0.1) is 12.5 Å². The fourth-order valence-corrected chi connectivity index (χ4v) is 11.3. The molecule has 1 spiro atoms. The van der Waals surface area contributed by atoms with Crippen molar-refractivity contribution in [3.05, 3.63) is 124 Å². The molecule has 0 aliphatic heterocycles. The number of carboxylic acids is 1. The normalized spacial score (nSPS) is 28.9. The molecule has 0 saturated heterocycles. The summed E-state index contributed by atoms with van der Waals surface area (Å²) in [6, 6.07) is 24.0. The number of aliphatic hydroxyl groups excluding tert-OH is 2. The van der Waals surface area contributed by atoms with Gasteiger partial charge in [0.2, 0.25) is 0 Å². The van der Waals surface area contributed by atoms with Gasteiger partial charge in [-0.15, -0.1) is 0 Å². The number of allylic oxidation sites excluding steroid dienone is 2. The van der Waals surface area contributed by atoms with Crippen LogP contribution in [0.15, 0.2) is 96.6 Å². The highest BCUT2D eigenvalue weighted by molar-refractivity contribution is 5.74. The van der Waals surface area contributed by atoms with E-state index in [0.717, 1.165) is 104 Å². The Labute approximate surface area is 337 Å². The Morgan fingerprint density at radius 3 is 2.54 bits per heavy atom. The minimum absolute atomic E-state index is 0.0476. The van der Waals surface area contributed by atoms with Gasteiger partial charge in [-0.05, 0) is 128 Å². The number of carboxylic acid groups (broad SMARTS) is 1. The van der Waals surface area contributed by atoms with E-state index in [4.69, 9.17) is 5.73 Å². The summed E-state index contributed by atoms with van der Waals surface area (Å²) < 4.78 is 0. The molecule has 0 amide bonds. The second kappa shape index (κ2) is 18.4. The average Bonchev–Trinajstić information content (AvgIpc) is 3.69. The van der Waals surface area contributed by atoms with E-state index in [2.05, 4.69) is 42.5 Å². The number of phenols is 1. The maximum absolute atomic E-state index is 13.6. The van der Waals surface area contributed by atoms with Gasteiger partial charge >= 0.3 is 5.97 Å². The Morgan fingerprint density at radius 1 is 0.947 bits per heavy atom. The van der Waals surface area contributed by atoms with E-state index >= 15 is 0 Å². The molecular weight excluding hydrogens is 711 g/mol. The van der Waals surface area contributed by atoms with Crippen LogP contribution in [0.3, 0.4) is 0 Å². The van der Waals surface area contributed by atoms with E-state index in [0.29, 0.717) is 31.1 Å². The zero-order valence-corrected chi connectivity index (χ0v) is 33.2. The first kappa shape index (κ1) is 40.7. The summed E-state index contributed by atoms with van der Waals surface area (Å²) in [5.74, 6) is -1.26. The zero-order valence-electron chi connectivity index (χ0n) is 33.2. The molecule has 2 bridgehead atoms. The number of aliphatic carboxylic acids is 1. The van der Waals surface area contributed by atoms with Crippen molar-refractivity contribution in [3.63, 3.8) is 0 Å². The van der Waals surface area contributed by atoms with Gasteiger partial charge < -0.3 is 31.0 Å². The van der Waals surface area contributed by atoms with Gasteiger partial charge in [0, 0.05) is 28.4 Å². The van der Waals surface area contributed by atoms with Gasteiger partial charge in [0.25, 0.3) is 0 Å². The van der Waals surface area contributed by atoms with Crippen molar-refractivity contribution < 1.29 is 30.0 Å². The van der Waals surface area contributed by atoms with Crippen LogP contribution in [0.4, 0.5) is 0 Å². The molecule has 0 unspecified atom stereocenters. The van der Waals surface area contributed by atoms with E-state index in [1.807, 2.05) is 42.5 Å². The highest BCUT2D eigenvalue weighted by Crippen LogP contribution is 2.54. The maximum atomic E-state index is 13.6. The molecule has 7 heteroatoms. The van der Waals surface area contributed by atoms with Crippen LogP contribution in [0.2, 0.25) is 0 Å². The Hall–Kier alpha value is -4.46. The fourth-order valence-electron chi connectivity index (χ4n) is 11.3. The summed E-state index contributed by atoms with van der Waals surface area (Å²) >= 11 is 0. The third kappa shape index (κ3) is 8.85. The van der Waals surface area contributed by atoms with Crippen molar-refractivity contribution in [2.24, 2.45) is 47.2 Å². The summed E-state index contributed by atoms with van der Waals surface area (Å²) in [7, 11) is 0. The predicted octanol–water partition coefficient (Wildman–Crippen LogP) is 7.87. The lowest BCUT2D eigenvalue weighted by atomic mass is 9.53. The molecule has 4 aliphatic carbocycles. The third-order valence-corrected chi connectivity index (χ3v) is 14.2. The monoisotopic (exact) mass is 771 g/mol. The van der Waals surface area contributed by atoms with Crippen molar-refractivity contribution in [3.8, 4) is 5.75 Å². The number of unbranched alkanes of at least 4 members (excludes halogenated alkanes) is 2. The van der Waals surface area contributed by atoms with E-state index in [-0.39, 0.29) is 41.9 Å². The van der Waals surface area contributed by atoms with Crippen LogP contribution in [0.25, 0.3) is 11.8 Å². The van der Waals surface area contributed by atoms with Gasteiger partial charge in [-0.1, -0.05) is 110 Å².